The van der Waals surface area contributed by atoms with E-state index in [0.29, 0.717) is 6.54 Å². The zero-order valence-electron chi connectivity index (χ0n) is 11.1. The Morgan fingerprint density at radius 2 is 2.00 bits per heavy atom. The van der Waals surface area contributed by atoms with E-state index >= 15 is 0 Å². The molecule has 3 nitrogen and oxygen atoms in total. The predicted octanol–water partition coefficient (Wildman–Crippen LogP) is 4.28. The maximum absolute atomic E-state index is 13.4. The van der Waals surface area contributed by atoms with Gasteiger partial charge < -0.3 is 5.32 Å². The lowest BCUT2D eigenvalue weighted by molar-refractivity contribution is 0.626. The highest BCUT2D eigenvalue weighted by molar-refractivity contribution is 6.30. The van der Waals surface area contributed by atoms with Gasteiger partial charge in [0.25, 0.3) is 0 Å². The summed E-state index contributed by atoms with van der Waals surface area (Å²) in [6.07, 6.45) is 3.60. The Balaban J connectivity index is 1.81. The van der Waals surface area contributed by atoms with Gasteiger partial charge in [0.15, 0.2) is 0 Å². The molecular weight excluding hydrogens is 289 g/mol. The first-order valence-corrected chi connectivity index (χ1v) is 6.89. The van der Waals surface area contributed by atoms with Crippen molar-refractivity contribution in [2.24, 2.45) is 0 Å². The van der Waals surface area contributed by atoms with Gasteiger partial charge in [0.1, 0.15) is 5.82 Å². The Kier molecular flexibility index (Phi) is 3.88. The number of para-hydroxylation sites is 2. The molecule has 0 unspecified atom stereocenters. The molecule has 3 aromatic rings. The minimum Gasteiger partial charge on any atom is -0.379 e. The molecule has 0 fully saturated rings. The van der Waals surface area contributed by atoms with Gasteiger partial charge in [-0.2, -0.15) is 5.10 Å². The number of anilines is 1. The van der Waals surface area contributed by atoms with Gasteiger partial charge in [-0.3, -0.25) is 0 Å². The van der Waals surface area contributed by atoms with E-state index in [9.17, 15) is 4.39 Å². The van der Waals surface area contributed by atoms with Crippen molar-refractivity contribution in [2.75, 3.05) is 5.32 Å². The maximum Gasteiger partial charge on any atom is 0.142 e. The van der Waals surface area contributed by atoms with Crippen LogP contribution in [-0.4, -0.2) is 9.78 Å². The minimum absolute atomic E-state index is 0.135. The Morgan fingerprint density at radius 1 is 1.14 bits per heavy atom. The number of hydrogen-bond acceptors (Lipinski definition) is 2. The molecule has 1 heterocycles. The van der Waals surface area contributed by atoms with Crippen molar-refractivity contribution < 1.29 is 4.39 Å². The van der Waals surface area contributed by atoms with Crippen LogP contribution in [0, 0.1) is 5.82 Å². The summed E-state index contributed by atoms with van der Waals surface area (Å²) in [7, 11) is 0. The molecule has 0 saturated carbocycles. The smallest absolute Gasteiger partial charge is 0.142 e. The molecule has 3 rings (SSSR count). The van der Waals surface area contributed by atoms with Gasteiger partial charge in [0, 0.05) is 18.9 Å². The van der Waals surface area contributed by atoms with E-state index in [1.807, 2.05) is 36.5 Å². The molecule has 0 spiro atoms. The average molecular weight is 302 g/mol. The monoisotopic (exact) mass is 301 g/mol. The van der Waals surface area contributed by atoms with Gasteiger partial charge in [-0.15, -0.1) is 0 Å². The first kappa shape index (κ1) is 13.6. The van der Waals surface area contributed by atoms with E-state index in [1.54, 1.807) is 23.0 Å². The summed E-state index contributed by atoms with van der Waals surface area (Å²) in [5.74, 6) is -0.406. The van der Waals surface area contributed by atoms with Crippen LogP contribution < -0.4 is 5.32 Å². The Morgan fingerprint density at radius 3 is 2.76 bits per heavy atom. The fourth-order valence-electron chi connectivity index (χ4n) is 2.08. The van der Waals surface area contributed by atoms with Gasteiger partial charge >= 0.3 is 0 Å². The van der Waals surface area contributed by atoms with Gasteiger partial charge in [-0.1, -0.05) is 29.8 Å². The van der Waals surface area contributed by atoms with Crippen LogP contribution in [-0.2, 0) is 6.54 Å². The molecule has 1 aromatic heterocycles. The molecule has 0 amide bonds. The summed E-state index contributed by atoms with van der Waals surface area (Å²) in [5, 5.41) is 7.66. The van der Waals surface area contributed by atoms with Crippen LogP contribution in [0.4, 0.5) is 10.1 Å². The van der Waals surface area contributed by atoms with Crippen molar-refractivity contribution >= 4 is 17.3 Å². The largest absolute Gasteiger partial charge is 0.379 e. The van der Waals surface area contributed by atoms with Crippen molar-refractivity contribution in [3.8, 4) is 5.69 Å². The van der Waals surface area contributed by atoms with Crippen LogP contribution in [0.25, 0.3) is 5.69 Å². The summed E-state index contributed by atoms with van der Waals surface area (Å²) in [5.41, 5.74) is 2.70. The Hall–Kier alpha value is -2.33. The molecule has 21 heavy (non-hydrogen) atoms. The Labute approximate surface area is 127 Å². The molecule has 0 aliphatic carbocycles. The Bertz CT molecular complexity index is 741. The molecule has 0 aliphatic heterocycles. The number of halogens is 2. The normalized spacial score (nSPS) is 10.6. The number of hydrogen-bond donors (Lipinski definition) is 1. The highest BCUT2D eigenvalue weighted by Gasteiger charge is 2.05. The van der Waals surface area contributed by atoms with E-state index in [2.05, 4.69) is 10.4 Å². The number of nitrogens with one attached hydrogen (secondary N) is 1. The van der Waals surface area contributed by atoms with Crippen LogP contribution in [0.15, 0.2) is 60.9 Å². The SMILES string of the molecule is Fc1cc(CNc2ccccc2-n2cccn2)ccc1Cl. The number of rotatable bonds is 4. The highest BCUT2D eigenvalue weighted by atomic mass is 35.5. The molecular formula is C16H13ClFN3. The molecule has 0 radical (unpaired) electrons. The van der Waals surface area contributed by atoms with Crippen LogP contribution in [0.3, 0.4) is 0 Å². The third-order valence-electron chi connectivity index (χ3n) is 3.12. The van der Waals surface area contributed by atoms with E-state index in [0.717, 1.165) is 16.9 Å². The summed E-state index contributed by atoms with van der Waals surface area (Å²) < 4.78 is 15.2. The lowest BCUT2D eigenvalue weighted by Gasteiger charge is -2.12. The van der Waals surface area contributed by atoms with Crippen molar-refractivity contribution in [2.45, 2.75) is 6.54 Å². The summed E-state index contributed by atoms with van der Waals surface area (Å²) in [6, 6.07) is 14.5. The van der Waals surface area contributed by atoms with Gasteiger partial charge in [0.05, 0.1) is 16.4 Å². The zero-order valence-corrected chi connectivity index (χ0v) is 11.9. The van der Waals surface area contributed by atoms with Gasteiger partial charge in [0.2, 0.25) is 0 Å². The van der Waals surface area contributed by atoms with Crippen molar-refractivity contribution in [1.82, 2.24) is 9.78 Å². The quantitative estimate of drug-likeness (QED) is 0.779. The fourth-order valence-corrected chi connectivity index (χ4v) is 2.20. The zero-order chi connectivity index (χ0) is 14.7. The summed E-state index contributed by atoms with van der Waals surface area (Å²) in [6.45, 7) is 0.506. The number of nitrogens with zero attached hydrogens (tertiary/aromatic N) is 2. The molecule has 0 saturated heterocycles. The summed E-state index contributed by atoms with van der Waals surface area (Å²) in [4.78, 5) is 0. The number of benzene rings is 2. The van der Waals surface area contributed by atoms with E-state index in [-0.39, 0.29) is 5.02 Å². The standard InChI is InChI=1S/C16H13ClFN3/c17-13-7-6-12(10-14(13)18)11-19-15-4-1-2-5-16(15)21-9-3-8-20-21/h1-10,19H,11H2. The first-order chi connectivity index (χ1) is 10.2. The second kappa shape index (κ2) is 5.97. The third kappa shape index (κ3) is 3.06. The number of aromatic nitrogens is 2. The predicted molar refractivity (Wildman–Crippen MR) is 82.3 cm³/mol. The summed E-state index contributed by atoms with van der Waals surface area (Å²) >= 11 is 5.68. The molecule has 2 aromatic carbocycles. The molecule has 1 N–H and O–H groups in total. The van der Waals surface area contributed by atoms with E-state index < -0.39 is 5.82 Å². The second-order valence-corrected chi connectivity index (χ2v) is 4.98. The van der Waals surface area contributed by atoms with Crippen LogP contribution >= 0.6 is 11.6 Å². The molecule has 0 atom stereocenters. The molecule has 5 heteroatoms. The van der Waals surface area contributed by atoms with E-state index in [4.69, 9.17) is 11.6 Å². The first-order valence-electron chi connectivity index (χ1n) is 6.51. The molecule has 0 bridgehead atoms. The maximum atomic E-state index is 13.4. The van der Waals surface area contributed by atoms with Crippen LogP contribution in [0.2, 0.25) is 5.02 Å². The lowest BCUT2D eigenvalue weighted by atomic mass is 10.2. The van der Waals surface area contributed by atoms with Gasteiger partial charge in [-0.25, -0.2) is 9.07 Å². The van der Waals surface area contributed by atoms with Gasteiger partial charge in [-0.05, 0) is 35.9 Å². The molecule has 106 valence electrons. The third-order valence-corrected chi connectivity index (χ3v) is 3.43. The molecule has 0 aliphatic rings. The van der Waals surface area contributed by atoms with Crippen LogP contribution in [0.1, 0.15) is 5.56 Å². The second-order valence-electron chi connectivity index (χ2n) is 4.57. The van der Waals surface area contributed by atoms with Crippen molar-refractivity contribution in [3.63, 3.8) is 0 Å². The lowest BCUT2D eigenvalue weighted by Crippen LogP contribution is -2.05. The van der Waals surface area contributed by atoms with E-state index in [1.165, 1.54) is 6.07 Å². The van der Waals surface area contributed by atoms with Crippen molar-refractivity contribution in [3.05, 3.63) is 77.3 Å². The highest BCUT2D eigenvalue weighted by Crippen LogP contribution is 2.21. The topological polar surface area (TPSA) is 29.9 Å². The van der Waals surface area contributed by atoms with Crippen molar-refractivity contribution in [1.29, 1.82) is 0 Å². The fraction of sp³-hybridized carbons (Fsp3) is 0.0625. The minimum atomic E-state index is -0.406. The average Bonchev–Trinajstić information content (AvgIpc) is 3.03. The van der Waals surface area contributed by atoms with Crippen LogP contribution in [0.5, 0.6) is 0 Å².